The smallest absolute Gasteiger partial charge is 0.332 e. The Balaban J connectivity index is 3.76. The van der Waals surface area contributed by atoms with Crippen LogP contribution >= 0.6 is 0 Å². The fraction of sp³-hybridized carbons (Fsp3) is 0.444. The van der Waals surface area contributed by atoms with Crippen LogP contribution in [0.4, 0.5) is 5.82 Å². The number of rotatable bonds is 2. The van der Waals surface area contributed by atoms with E-state index in [-0.39, 0.29) is 23.6 Å². The number of carbonyl (C=O) groups is 1. The summed E-state index contributed by atoms with van der Waals surface area (Å²) in [6.45, 7) is 1.63. The van der Waals surface area contributed by atoms with Gasteiger partial charge < -0.3 is 5.73 Å². The lowest BCUT2D eigenvalue weighted by Gasteiger charge is -2.09. The first-order valence-electron chi connectivity index (χ1n) is 4.50. The van der Waals surface area contributed by atoms with Crippen molar-refractivity contribution in [3.8, 4) is 0 Å². The van der Waals surface area contributed by atoms with Crippen molar-refractivity contribution < 1.29 is 4.79 Å². The Morgan fingerprint density at radius 1 is 1.27 bits per heavy atom. The van der Waals surface area contributed by atoms with E-state index in [9.17, 15) is 14.4 Å². The van der Waals surface area contributed by atoms with E-state index in [2.05, 4.69) is 0 Å². The van der Waals surface area contributed by atoms with Crippen molar-refractivity contribution >= 4 is 11.6 Å². The van der Waals surface area contributed by atoms with Crippen molar-refractivity contribution in [3.05, 3.63) is 26.4 Å². The molecule has 6 heteroatoms. The first-order chi connectivity index (χ1) is 6.91. The third kappa shape index (κ3) is 1.58. The van der Waals surface area contributed by atoms with E-state index in [1.54, 1.807) is 6.92 Å². The molecular formula is C9H13N3O3. The van der Waals surface area contributed by atoms with Crippen molar-refractivity contribution in [1.82, 2.24) is 9.13 Å². The van der Waals surface area contributed by atoms with Crippen molar-refractivity contribution in [3.63, 3.8) is 0 Å². The summed E-state index contributed by atoms with van der Waals surface area (Å²) in [7, 11) is 2.74. The molecule has 0 fully saturated rings. The molecule has 0 aromatic carbocycles. The average Bonchev–Trinajstić information content (AvgIpc) is 2.23. The third-order valence-corrected chi connectivity index (χ3v) is 2.31. The predicted molar refractivity (Wildman–Crippen MR) is 56.0 cm³/mol. The topological polar surface area (TPSA) is 87.1 Å². The Morgan fingerprint density at radius 3 is 2.27 bits per heavy atom. The maximum absolute atomic E-state index is 11.6. The summed E-state index contributed by atoms with van der Waals surface area (Å²) in [6, 6.07) is 0. The number of Topliss-reactive ketones (excluding diaryl/α,β-unsaturated/α-hetero) is 1. The summed E-state index contributed by atoms with van der Waals surface area (Å²) < 4.78 is 1.96. The first kappa shape index (κ1) is 11.2. The van der Waals surface area contributed by atoms with Gasteiger partial charge in [-0.25, -0.2) is 4.79 Å². The molecule has 0 bridgehead atoms. The first-order valence-corrected chi connectivity index (χ1v) is 4.50. The van der Waals surface area contributed by atoms with Crippen LogP contribution in [0.2, 0.25) is 0 Å². The Hall–Kier alpha value is -1.85. The molecule has 0 aliphatic rings. The fourth-order valence-electron chi connectivity index (χ4n) is 1.30. The van der Waals surface area contributed by atoms with E-state index in [1.807, 2.05) is 0 Å². The molecule has 2 N–H and O–H groups in total. The fourth-order valence-corrected chi connectivity index (χ4v) is 1.30. The van der Waals surface area contributed by atoms with Crippen molar-refractivity contribution in [2.75, 3.05) is 5.73 Å². The summed E-state index contributed by atoms with van der Waals surface area (Å²) >= 11 is 0. The Kier molecular flexibility index (Phi) is 2.78. The van der Waals surface area contributed by atoms with Gasteiger partial charge in [0.05, 0.1) is 0 Å². The number of ketones is 1. The van der Waals surface area contributed by atoms with Gasteiger partial charge >= 0.3 is 5.69 Å². The Labute approximate surface area is 85.9 Å². The lowest BCUT2D eigenvalue weighted by molar-refractivity contribution is 0.0986. The SMILES string of the molecule is CCC(=O)c1c(N)n(C)c(=O)n(C)c1=O. The highest BCUT2D eigenvalue weighted by molar-refractivity contribution is 5.99. The number of nitrogens with zero attached hydrogens (tertiary/aromatic N) is 2. The lowest BCUT2D eigenvalue weighted by atomic mass is 10.1. The normalized spacial score (nSPS) is 10.3. The van der Waals surface area contributed by atoms with Crippen LogP contribution in [0.25, 0.3) is 0 Å². The monoisotopic (exact) mass is 211 g/mol. The summed E-state index contributed by atoms with van der Waals surface area (Å²) in [5, 5.41) is 0. The minimum atomic E-state index is -0.637. The van der Waals surface area contributed by atoms with Crippen molar-refractivity contribution in [1.29, 1.82) is 0 Å². The van der Waals surface area contributed by atoms with Gasteiger partial charge in [0.15, 0.2) is 5.78 Å². The minimum absolute atomic E-state index is 0.0741. The van der Waals surface area contributed by atoms with Gasteiger partial charge in [-0.3, -0.25) is 18.7 Å². The van der Waals surface area contributed by atoms with Crippen LogP contribution in [0.3, 0.4) is 0 Å². The summed E-state index contributed by atoms with van der Waals surface area (Å²) in [6.07, 6.45) is 0.178. The second-order valence-corrected chi connectivity index (χ2v) is 3.24. The summed E-state index contributed by atoms with van der Waals surface area (Å²) in [5.41, 5.74) is 4.28. The summed E-state index contributed by atoms with van der Waals surface area (Å²) in [5.74, 6) is -0.432. The van der Waals surface area contributed by atoms with Crippen LogP contribution in [-0.4, -0.2) is 14.9 Å². The van der Waals surface area contributed by atoms with E-state index >= 15 is 0 Å². The van der Waals surface area contributed by atoms with Crippen LogP contribution in [0.5, 0.6) is 0 Å². The molecule has 0 aliphatic carbocycles. The number of carbonyl (C=O) groups excluding carboxylic acids is 1. The van der Waals surface area contributed by atoms with Crippen LogP contribution in [0.15, 0.2) is 9.59 Å². The van der Waals surface area contributed by atoms with E-state index in [4.69, 9.17) is 5.73 Å². The molecule has 1 aromatic rings. The quantitative estimate of drug-likeness (QED) is 0.652. The molecule has 0 saturated heterocycles. The average molecular weight is 211 g/mol. The maximum atomic E-state index is 11.6. The van der Waals surface area contributed by atoms with Crippen LogP contribution in [-0.2, 0) is 14.1 Å². The summed E-state index contributed by atoms with van der Waals surface area (Å²) in [4.78, 5) is 34.5. The van der Waals surface area contributed by atoms with Crippen LogP contribution < -0.4 is 17.0 Å². The molecule has 1 heterocycles. The molecule has 0 amide bonds. The molecule has 1 rings (SSSR count). The highest BCUT2D eigenvalue weighted by atomic mass is 16.2. The molecule has 0 spiro atoms. The van der Waals surface area contributed by atoms with Crippen LogP contribution in [0.1, 0.15) is 23.7 Å². The van der Waals surface area contributed by atoms with Gasteiger partial charge in [0, 0.05) is 20.5 Å². The Bertz CT molecular complexity index is 525. The molecular weight excluding hydrogens is 198 g/mol. The van der Waals surface area contributed by atoms with Gasteiger partial charge in [0.25, 0.3) is 5.56 Å². The van der Waals surface area contributed by atoms with Gasteiger partial charge in [0.2, 0.25) is 0 Å². The molecule has 1 aromatic heterocycles. The molecule has 0 radical (unpaired) electrons. The standard InChI is InChI=1S/C9H13N3O3/c1-4-5(13)6-7(10)11(2)9(15)12(3)8(6)14/h4,10H2,1-3H3. The molecule has 82 valence electrons. The second-order valence-electron chi connectivity index (χ2n) is 3.24. The van der Waals surface area contributed by atoms with Gasteiger partial charge in [-0.1, -0.05) is 6.92 Å². The maximum Gasteiger partial charge on any atom is 0.332 e. The zero-order valence-electron chi connectivity index (χ0n) is 8.90. The molecule has 0 unspecified atom stereocenters. The molecule has 0 aliphatic heterocycles. The number of anilines is 1. The molecule has 15 heavy (non-hydrogen) atoms. The van der Waals surface area contributed by atoms with Gasteiger partial charge in [-0.15, -0.1) is 0 Å². The van der Waals surface area contributed by atoms with Crippen LogP contribution in [0, 0.1) is 0 Å². The second kappa shape index (κ2) is 3.72. The molecule has 0 saturated carbocycles. The van der Waals surface area contributed by atoms with Crippen molar-refractivity contribution in [2.24, 2.45) is 14.1 Å². The highest BCUT2D eigenvalue weighted by Crippen LogP contribution is 2.05. The number of hydrogen-bond donors (Lipinski definition) is 1. The van der Waals surface area contributed by atoms with E-state index < -0.39 is 11.2 Å². The number of nitrogen functional groups attached to an aromatic ring is 1. The predicted octanol–water partition coefficient (Wildman–Crippen LogP) is -0.741. The number of hydrogen-bond acceptors (Lipinski definition) is 4. The zero-order valence-corrected chi connectivity index (χ0v) is 8.90. The minimum Gasteiger partial charge on any atom is -0.384 e. The van der Waals surface area contributed by atoms with Gasteiger partial charge in [-0.05, 0) is 0 Å². The highest BCUT2D eigenvalue weighted by Gasteiger charge is 2.18. The number of nitrogens with two attached hydrogens (primary N) is 1. The van der Waals surface area contributed by atoms with Gasteiger partial charge in [-0.2, -0.15) is 0 Å². The van der Waals surface area contributed by atoms with E-state index in [0.717, 1.165) is 9.13 Å². The molecule has 6 nitrogen and oxygen atoms in total. The Morgan fingerprint density at radius 2 is 1.80 bits per heavy atom. The lowest BCUT2D eigenvalue weighted by Crippen LogP contribution is -2.41. The van der Waals surface area contributed by atoms with E-state index in [1.165, 1.54) is 14.1 Å². The van der Waals surface area contributed by atoms with Crippen molar-refractivity contribution in [2.45, 2.75) is 13.3 Å². The van der Waals surface area contributed by atoms with Gasteiger partial charge in [0.1, 0.15) is 11.4 Å². The number of aromatic nitrogens is 2. The molecule has 0 atom stereocenters. The van der Waals surface area contributed by atoms with E-state index in [0.29, 0.717) is 0 Å². The third-order valence-electron chi connectivity index (χ3n) is 2.31. The largest absolute Gasteiger partial charge is 0.384 e. The zero-order chi connectivity index (χ0) is 11.7.